The highest BCUT2D eigenvalue weighted by Crippen LogP contribution is 2.37. The number of fused-ring (bicyclic) bond motifs is 2. The molecule has 0 spiro atoms. The molecule has 0 heterocycles. The molecule has 5 aromatic carbocycles. The molecule has 0 aliphatic rings. The van der Waals surface area contributed by atoms with Gasteiger partial charge in [0.2, 0.25) is 0 Å². The van der Waals surface area contributed by atoms with E-state index in [0.717, 1.165) is 10.7 Å². The summed E-state index contributed by atoms with van der Waals surface area (Å²) in [6.07, 6.45) is 0. The fourth-order valence-electron chi connectivity index (χ4n) is 4.34. The number of benzene rings is 5. The Bertz CT molecular complexity index is 1920. The Labute approximate surface area is 302 Å². The van der Waals surface area contributed by atoms with Crippen LogP contribution in [0.15, 0.2) is 77.7 Å². The lowest BCUT2D eigenvalue weighted by molar-refractivity contribution is 0.0724. The summed E-state index contributed by atoms with van der Waals surface area (Å²) in [5.74, 6) is -0.675. The van der Waals surface area contributed by atoms with Crippen molar-refractivity contribution in [3.05, 3.63) is 102 Å². The lowest BCUT2D eigenvalue weighted by Crippen LogP contribution is -2.15. The average Bonchev–Trinajstić information content (AvgIpc) is 2.87. The zero-order chi connectivity index (χ0) is 29.6. The molecular formula is C28H13I5O7S. The molecule has 0 saturated carbocycles. The van der Waals surface area contributed by atoms with Crippen molar-refractivity contribution in [2.45, 2.75) is 4.90 Å². The number of carbonyl (C=O) groups is 2. The van der Waals surface area contributed by atoms with Crippen LogP contribution in [-0.2, 0) is 10.1 Å². The van der Waals surface area contributed by atoms with Crippen LogP contribution in [0.25, 0.3) is 21.5 Å². The van der Waals surface area contributed by atoms with Crippen molar-refractivity contribution in [2.75, 3.05) is 0 Å². The summed E-state index contributed by atoms with van der Waals surface area (Å²) in [5.41, 5.74) is 0.564. The summed E-state index contributed by atoms with van der Waals surface area (Å²) in [6, 6.07) is 20.6. The first kappa shape index (κ1) is 31.5. The maximum absolute atomic E-state index is 13.8. The van der Waals surface area contributed by atoms with Crippen molar-refractivity contribution in [1.82, 2.24) is 0 Å². The largest absolute Gasteiger partial charge is 0.423 e. The molecular weight excluding hydrogens is 1110 g/mol. The quantitative estimate of drug-likeness (QED) is 0.0618. The van der Waals surface area contributed by atoms with E-state index in [1.807, 2.05) is 12.1 Å². The zero-order valence-electron chi connectivity index (χ0n) is 20.1. The number of ether oxygens (including phenoxy) is 2. The molecule has 0 aliphatic carbocycles. The van der Waals surface area contributed by atoms with E-state index in [9.17, 15) is 22.6 Å². The van der Waals surface area contributed by atoms with Crippen LogP contribution in [0.4, 0.5) is 0 Å². The first-order chi connectivity index (χ1) is 19.4. The highest BCUT2D eigenvalue weighted by Gasteiger charge is 2.26. The number of rotatable bonds is 5. The lowest BCUT2D eigenvalue weighted by Gasteiger charge is -2.17. The van der Waals surface area contributed by atoms with Gasteiger partial charge in [-0.1, -0.05) is 48.5 Å². The first-order valence-electron chi connectivity index (χ1n) is 11.4. The third-order valence-corrected chi connectivity index (χ3v) is 11.6. The fraction of sp³-hybridized carbons (Fsp3) is 0. The summed E-state index contributed by atoms with van der Waals surface area (Å²) in [5, 5.41) is 2.03. The fourth-order valence-corrected chi connectivity index (χ4v) is 12.1. The number of hydrogen-bond donors (Lipinski definition) is 1. The van der Waals surface area contributed by atoms with Crippen LogP contribution in [0.2, 0.25) is 0 Å². The molecule has 7 nitrogen and oxygen atoms in total. The monoisotopic (exact) mass is 1130 g/mol. The van der Waals surface area contributed by atoms with Crippen molar-refractivity contribution in [2.24, 2.45) is 0 Å². The second-order valence-corrected chi connectivity index (χ2v) is 15.8. The Hall–Kier alpha value is -0.880. The van der Waals surface area contributed by atoms with Gasteiger partial charge in [-0.2, -0.15) is 8.42 Å². The average molecular weight is 1130 g/mol. The van der Waals surface area contributed by atoms with Crippen molar-refractivity contribution in [1.29, 1.82) is 0 Å². The van der Waals surface area contributed by atoms with E-state index in [-0.39, 0.29) is 23.3 Å². The normalized spacial score (nSPS) is 11.6. The smallest absolute Gasteiger partial charge is 0.344 e. The van der Waals surface area contributed by atoms with Crippen LogP contribution in [0, 0.1) is 17.9 Å². The molecule has 41 heavy (non-hydrogen) atoms. The maximum atomic E-state index is 13.8. The summed E-state index contributed by atoms with van der Waals surface area (Å²) >= 11 is 10.0. The van der Waals surface area contributed by atoms with Crippen molar-refractivity contribution in [3.8, 4) is 11.5 Å². The Balaban J connectivity index is 1.65. The van der Waals surface area contributed by atoms with Crippen molar-refractivity contribution >= 4 is 157 Å². The summed E-state index contributed by atoms with van der Waals surface area (Å²) in [6.45, 7) is 0. The molecule has 0 fully saturated rings. The third-order valence-electron chi connectivity index (χ3n) is 5.94. The summed E-state index contributed by atoms with van der Waals surface area (Å²) < 4.78 is 47.8. The molecule has 0 bridgehead atoms. The van der Waals surface area contributed by atoms with Gasteiger partial charge in [-0.3, -0.25) is 4.55 Å². The molecule has 5 aromatic rings. The van der Waals surface area contributed by atoms with Gasteiger partial charge in [0.25, 0.3) is 10.1 Å². The van der Waals surface area contributed by atoms with E-state index < -0.39 is 22.1 Å². The van der Waals surface area contributed by atoms with E-state index in [1.54, 1.807) is 93.7 Å². The Kier molecular flexibility index (Phi) is 9.71. The highest BCUT2D eigenvalue weighted by molar-refractivity contribution is 14.1. The predicted octanol–water partition coefficient (Wildman–Crippen LogP) is 8.70. The molecule has 5 rings (SSSR count). The molecule has 0 radical (unpaired) electrons. The predicted molar refractivity (Wildman–Crippen MR) is 198 cm³/mol. The Morgan fingerprint density at radius 2 is 1.00 bits per heavy atom. The van der Waals surface area contributed by atoms with Gasteiger partial charge in [-0.05, 0) is 159 Å². The van der Waals surface area contributed by atoms with Gasteiger partial charge < -0.3 is 9.47 Å². The van der Waals surface area contributed by atoms with Crippen LogP contribution in [0.1, 0.15) is 20.7 Å². The number of esters is 2. The number of carbonyl (C=O) groups excluding carboxylic acids is 2. The SMILES string of the molecule is O=C(Oc1cc(I)c(S(=O)(=O)O)c(I)c1)c1c2ccccc2c(C(=O)Oc2c(I)cc(I)cc2I)c2ccccc12. The summed E-state index contributed by atoms with van der Waals surface area (Å²) in [7, 11) is -4.46. The molecule has 0 unspecified atom stereocenters. The molecule has 0 atom stereocenters. The molecule has 13 heteroatoms. The topological polar surface area (TPSA) is 107 Å². The van der Waals surface area contributed by atoms with Gasteiger partial charge in [-0.25, -0.2) is 9.59 Å². The van der Waals surface area contributed by atoms with Crippen LogP contribution < -0.4 is 9.47 Å². The van der Waals surface area contributed by atoms with Gasteiger partial charge in [0.15, 0.2) is 5.75 Å². The minimum Gasteiger partial charge on any atom is -0.423 e. The van der Waals surface area contributed by atoms with Crippen LogP contribution in [0.3, 0.4) is 0 Å². The van der Waals surface area contributed by atoms with Gasteiger partial charge >= 0.3 is 11.9 Å². The Morgan fingerprint density at radius 1 is 0.610 bits per heavy atom. The summed E-state index contributed by atoms with van der Waals surface area (Å²) in [4.78, 5) is 27.2. The molecule has 1 N–H and O–H groups in total. The van der Waals surface area contributed by atoms with E-state index in [2.05, 4.69) is 67.8 Å². The lowest BCUT2D eigenvalue weighted by atomic mass is 9.91. The first-order valence-corrected chi connectivity index (χ1v) is 18.2. The standard InChI is InChI=1S/C28H13I5O7S/c29-13-9-19(30)25(20(31)10-13)40-28(35)24-17-7-3-1-5-15(17)23(16-6-2-4-8-18(16)24)27(34)39-14-11-21(32)26(22(33)12-14)41(36,37)38/h1-12H,(H,36,37,38). The van der Waals surface area contributed by atoms with Crippen molar-refractivity contribution < 1.29 is 32.0 Å². The van der Waals surface area contributed by atoms with Crippen LogP contribution >= 0.6 is 113 Å². The maximum Gasteiger partial charge on any atom is 0.344 e. The third kappa shape index (κ3) is 6.49. The molecule has 0 aromatic heterocycles. The van der Waals surface area contributed by atoms with Gasteiger partial charge in [0.1, 0.15) is 10.6 Å². The molecule has 0 saturated heterocycles. The minimum absolute atomic E-state index is 0.107. The molecule has 208 valence electrons. The van der Waals surface area contributed by atoms with Crippen LogP contribution in [-0.4, -0.2) is 24.9 Å². The van der Waals surface area contributed by atoms with E-state index in [1.165, 1.54) is 12.1 Å². The second-order valence-electron chi connectivity index (χ2n) is 8.51. The molecule has 0 amide bonds. The molecule has 0 aliphatic heterocycles. The van der Waals surface area contributed by atoms with E-state index >= 15 is 0 Å². The van der Waals surface area contributed by atoms with Crippen molar-refractivity contribution in [3.63, 3.8) is 0 Å². The van der Waals surface area contributed by atoms with E-state index in [0.29, 0.717) is 32.9 Å². The van der Waals surface area contributed by atoms with Gasteiger partial charge in [0, 0.05) is 10.7 Å². The minimum atomic E-state index is -4.46. The number of halogens is 5. The van der Waals surface area contributed by atoms with E-state index in [4.69, 9.17) is 9.47 Å². The van der Waals surface area contributed by atoms with Crippen LogP contribution in [0.5, 0.6) is 11.5 Å². The zero-order valence-corrected chi connectivity index (χ0v) is 31.7. The second kappa shape index (κ2) is 12.6. The Morgan fingerprint density at radius 3 is 1.39 bits per heavy atom. The van der Waals surface area contributed by atoms with Gasteiger partial charge in [0.05, 0.1) is 18.3 Å². The number of hydrogen-bond acceptors (Lipinski definition) is 6. The van der Waals surface area contributed by atoms with Gasteiger partial charge in [-0.15, -0.1) is 0 Å². The highest BCUT2D eigenvalue weighted by atomic mass is 127.